The lowest BCUT2D eigenvalue weighted by Gasteiger charge is -1.95. The van der Waals surface area contributed by atoms with E-state index in [9.17, 15) is 4.39 Å². The Hall–Kier alpha value is -1.68. The van der Waals surface area contributed by atoms with Crippen LogP contribution in [0, 0.1) is 5.82 Å². The van der Waals surface area contributed by atoms with Gasteiger partial charge in [0.25, 0.3) is 0 Å². The molecule has 1 aromatic heterocycles. The molecule has 4 heteroatoms. The van der Waals surface area contributed by atoms with Gasteiger partial charge in [0.15, 0.2) is 0 Å². The van der Waals surface area contributed by atoms with Gasteiger partial charge in [0.2, 0.25) is 0 Å². The molecule has 0 atom stereocenters. The van der Waals surface area contributed by atoms with Crippen LogP contribution in [-0.4, -0.2) is 9.97 Å². The van der Waals surface area contributed by atoms with Gasteiger partial charge in [0.05, 0.1) is 11.0 Å². The van der Waals surface area contributed by atoms with Crippen molar-refractivity contribution < 1.29 is 4.39 Å². The number of halogens is 2. The van der Waals surface area contributed by atoms with Crippen molar-refractivity contribution in [3.05, 3.63) is 52.8 Å². The number of hydrogen-bond donors (Lipinski definition) is 1. The molecule has 0 aliphatic heterocycles. The number of rotatable bonds is 1. The Morgan fingerprint density at radius 1 is 1.12 bits per heavy atom. The number of nitrogens with zero attached hydrogens (tertiary/aromatic N) is 1. The van der Waals surface area contributed by atoms with Crippen LogP contribution in [0.1, 0.15) is 0 Å². The molecule has 0 unspecified atom stereocenters. The zero-order valence-electron chi connectivity index (χ0n) is 8.74. The molecular formula is C13H8BrFN2. The second-order valence-corrected chi connectivity index (χ2v) is 4.67. The van der Waals surface area contributed by atoms with Gasteiger partial charge in [0, 0.05) is 10.0 Å². The Kier molecular flexibility index (Phi) is 2.44. The van der Waals surface area contributed by atoms with Crippen LogP contribution in [0.3, 0.4) is 0 Å². The van der Waals surface area contributed by atoms with Crippen LogP contribution in [0.4, 0.5) is 4.39 Å². The van der Waals surface area contributed by atoms with E-state index in [2.05, 4.69) is 25.9 Å². The number of aromatic amines is 1. The van der Waals surface area contributed by atoms with Crippen molar-refractivity contribution in [3.8, 4) is 11.4 Å². The fourth-order valence-electron chi connectivity index (χ4n) is 1.75. The number of imidazole rings is 1. The van der Waals surface area contributed by atoms with Gasteiger partial charge in [-0.3, -0.25) is 0 Å². The molecular weight excluding hydrogens is 283 g/mol. The van der Waals surface area contributed by atoms with E-state index in [-0.39, 0.29) is 5.82 Å². The van der Waals surface area contributed by atoms with Gasteiger partial charge < -0.3 is 4.98 Å². The van der Waals surface area contributed by atoms with Gasteiger partial charge in [-0.05, 0) is 30.3 Å². The zero-order chi connectivity index (χ0) is 11.8. The summed E-state index contributed by atoms with van der Waals surface area (Å²) >= 11 is 3.40. The van der Waals surface area contributed by atoms with Crippen LogP contribution in [0.15, 0.2) is 46.9 Å². The number of H-pyrrole nitrogens is 1. The molecule has 84 valence electrons. The lowest BCUT2D eigenvalue weighted by molar-refractivity contribution is 0.628. The molecule has 0 fully saturated rings. The Bertz CT molecular complexity index is 691. The maximum Gasteiger partial charge on any atom is 0.138 e. The monoisotopic (exact) mass is 290 g/mol. The Labute approximate surface area is 106 Å². The highest BCUT2D eigenvalue weighted by Gasteiger charge is 2.06. The molecule has 0 saturated carbocycles. The van der Waals surface area contributed by atoms with E-state index in [1.54, 1.807) is 6.07 Å². The molecule has 0 saturated heterocycles. The molecule has 0 aliphatic rings. The Balaban J connectivity index is 2.18. The molecule has 0 amide bonds. The Morgan fingerprint density at radius 2 is 2.00 bits per heavy atom. The zero-order valence-corrected chi connectivity index (χ0v) is 10.3. The minimum Gasteiger partial charge on any atom is -0.338 e. The minimum atomic E-state index is -0.260. The normalized spacial score (nSPS) is 10.9. The lowest BCUT2D eigenvalue weighted by atomic mass is 10.2. The fraction of sp³-hybridized carbons (Fsp3) is 0. The first-order chi connectivity index (χ1) is 8.22. The third-order valence-corrected chi connectivity index (χ3v) is 3.04. The molecule has 3 aromatic rings. The van der Waals surface area contributed by atoms with Gasteiger partial charge in [-0.2, -0.15) is 0 Å². The number of hydrogen-bond acceptors (Lipinski definition) is 1. The Morgan fingerprint density at radius 3 is 2.82 bits per heavy atom. The number of nitrogens with one attached hydrogen (secondary N) is 1. The largest absolute Gasteiger partial charge is 0.338 e. The summed E-state index contributed by atoms with van der Waals surface area (Å²) in [7, 11) is 0. The highest BCUT2D eigenvalue weighted by Crippen LogP contribution is 2.23. The molecule has 17 heavy (non-hydrogen) atoms. The first-order valence-corrected chi connectivity index (χ1v) is 5.93. The standard InChI is InChI=1S/C13H8BrFN2/c14-9-4-5-11-12(7-9)17-13(16-11)8-2-1-3-10(15)6-8/h1-7H,(H,16,17). The van der Waals surface area contributed by atoms with E-state index in [0.29, 0.717) is 5.82 Å². The molecule has 2 nitrogen and oxygen atoms in total. The summed E-state index contributed by atoms with van der Waals surface area (Å²) < 4.78 is 14.1. The van der Waals surface area contributed by atoms with E-state index in [0.717, 1.165) is 21.1 Å². The van der Waals surface area contributed by atoms with Crippen molar-refractivity contribution in [1.82, 2.24) is 9.97 Å². The smallest absolute Gasteiger partial charge is 0.138 e. The predicted octanol–water partition coefficient (Wildman–Crippen LogP) is 4.13. The van der Waals surface area contributed by atoms with Crippen LogP contribution >= 0.6 is 15.9 Å². The maximum atomic E-state index is 13.1. The van der Waals surface area contributed by atoms with Gasteiger partial charge in [-0.1, -0.05) is 28.1 Å². The predicted molar refractivity (Wildman–Crippen MR) is 69.2 cm³/mol. The molecule has 2 aromatic carbocycles. The summed E-state index contributed by atoms with van der Waals surface area (Å²) in [5.74, 6) is 0.418. The third-order valence-electron chi connectivity index (χ3n) is 2.54. The molecule has 1 heterocycles. The summed E-state index contributed by atoms with van der Waals surface area (Å²) in [5, 5.41) is 0. The van der Waals surface area contributed by atoms with Gasteiger partial charge in [0.1, 0.15) is 11.6 Å². The lowest BCUT2D eigenvalue weighted by Crippen LogP contribution is -1.81. The summed E-state index contributed by atoms with van der Waals surface area (Å²) in [4.78, 5) is 7.59. The van der Waals surface area contributed by atoms with Gasteiger partial charge in [-0.15, -0.1) is 0 Å². The van der Waals surface area contributed by atoms with Crippen LogP contribution in [-0.2, 0) is 0 Å². The van der Waals surface area contributed by atoms with E-state index in [1.165, 1.54) is 12.1 Å². The van der Waals surface area contributed by atoms with Gasteiger partial charge in [-0.25, -0.2) is 9.37 Å². The number of fused-ring (bicyclic) bond motifs is 1. The van der Waals surface area contributed by atoms with E-state index in [4.69, 9.17) is 0 Å². The first-order valence-electron chi connectivity index (χ1n) is 5.13. The average Bonchev–Trinajstić information content (AvgIpc) is 2.72. The molecule has 0 aliphatic carbocycles. The van der Waals surface area contributed by atoms with Gasteiger partial charge >= 0.3 is 0 Å². The van der Waals surface area contributed by atoms with Crippen molar-refractivity contribution in [2.75, 3.05) is 0 Å². The van der Waals surface area contributed by atoms with E-state index >= 15 is 0 Å². The molecule has 1 N–H and O–H groups in total. The molecule has 0 spiro atoms. The molecule has 0 bridgehead atoms. The van der Waals surface area contributed by atoms with Crippen molar-refractivity contribution in [2.24, 2.45) is 0 Å². The van der Waals surface area contributed by atoms with Crippen LogP contribution < -0.4 is 0 Å². The summed E-state index contributed by atoms with van der Waals surface area (Å²) in [6, 6.07) is 12.2. The topological polar surface area (TPSA) is 28.7 Å². The summed E-state index contributed by atoms with van der Waals surface area (Å²) in [6.07, 6.45) is 0. The fourth-order valence-corrected chi connectivity index (χ4v) is 2.12. The minimum absolute atomic E-state index is 0.260. The first kappa shape index (κ1) is 10.5. The second-order valence-electron chi connectivity index (χ2n) is 3.76. The van der Waals surface area contributed by atoms with Crippen LogP contribution in [0.5, 0.6) is 0 Å². The average molecular weight is 291 g/mol. The number of aromatic nitrogens is 2. The van der Waals surface area contributed by atoms with E-state index in [1.807, 2.05) is 24.3 Å². The van der Waals surface area contributed by atoms with Crippen molar-refractivity contribution >= 4 is 27.0 Å². The van der Waals surface area contributed by atoms with Crippen molar-refractivity contribution in [3.63, 3.8) is 0 Å². The molecule has 0 radical (unpaired) electrons. The van der Waals surface area contributed by atoms with E-state index < -0.39 is 0 Å². The number of benzene rings is 2. The van der Waals surface area contributed by atoms with Crippen molar-refractivity contribution in [2.45, 2.75) is 0 Å². The summed E-state index contributed by atoms with van der Waals surface area (Å²) in [6.45, 7) is 0. The quantitative estimate of drug-likeness (QED) is 0.717. The van der Waals surface area contributed by atoms with Crippen LogP contribution in [0.25, 0.3) is 22.4 Å². The third kappa shape index (κ3) is 1.96. The van der Waals surface area contributed by atoms with Crippen molar-refractivity contribution in [1.29, 1.82) is 0 Å². The highest BCUT2D eigenvalue weighted by atomic mass is 79.9. The maximum absolute atomic E-state index is 13.1. The van der Waals surface area contributed by atoms with Crippen LogP contribution in [0.2, 0.25) is 0 Å². The SMILES string of the molecule is Fc1cccc(-c2nc3ccc(Br)cc3[nH]2)c1. The second kappa shape index (κ2) is 3.96. The highest BCUT2D eigenvalue weighted by molar-refractivity contribution is 9.10. The summed E-state index contributed by atoms with van der Waals surface area (Å²) in [5.41, 5.74) is 2.54. The molecule has 3 rings (SSSR count).